The summed E-state index contributed by atoms with van der Waals surface area (Å²) in [4.78, 5) is 25.2. The van der Waals surface area contributed by atoms with Gasteiger partial charge < -0.3 is 5.32 Å². The summed E-state index contributed by atoms with van der Waals surface area (Å²) < 4.78 is 0.938. The molecule has 0 bridgehead atoms. The molecule has 1 atom stereocenters. The summed E-state index contributed by atoms with van der Waals surface area (Å²) >= 11 is 4.47. The molecule has 100 valence electrons. The Bertz CT molecular complexity index is 685. The van der Waals surface area contributed by atoms with E-state index >= 15 is 0 Å². The molecule has 3 rings (SSSR count). The summed E-state index contributed by atoms with van der Waals surface area (Å²) in [6.07, 6.45) is 0. The normalized spacial score (nSPS) is 16.9. The lowest BCUT2D eigenvalue weighted by molar-refractivity contribution is -0.123. The zero-order valence-electron chi connectivity index (χ0n) is 10.3. The second kappa shape index (κ2) is 5.42. The number of thioether (sulfide) groups is 1. The van der Waals surface area contributed by atoms with E-state index in [1.807, 2.05) is 36.4 Å². The van der Waals surface area contributed by atoms with Crippen LogP contribution in [0.5, 0.6) is 0 Å². The summed E-state index contributed by atoms with van der Waals surface area (Å²) in [6.45, 7) is 0. The lowest BCUT2D eigenvalue weighted by atomic mass is 10.00. The molecule has 1 heterocycles. The second-order valence-corrected chi connectivity index (χ2v) is 6.35. The first kappa shape index (κ1) is 13.4. The van der Waals surface area contributed by atoms with Gasteiger partial charge in [0, 0.05) is 15.1 Å². The smallest absolute Gasteiger partial charge is 0.240 e. The van der Waals surface area contributed by atoms with Crippen molar-refractivity contribution in [1.29, 1.82) is 0 Å². The van der Waals surface area contributed by atoms with Crippen molar-refractivity contribution >= 4 is 44.4 Å². The standard InChI is InChI=1S/C15H10BrNO2S/c16-9-5-7-10(8-6-9)17-14(18)13-11-3-1-2-4-12(11)20-15(13)19/h1-8,13H,(H,17,18). The first-order valence-electron chi connectivity index (χ1n) is 6.02. The fraction of sp³-hybridized carbons (Fsp3) is 0.0667. The van der Waals surface area contributed by atoms with Crippen LogP contribution in [0.2, 0.25) is 0 Å². The topological polar surface area (TPSA) is 46.2 Å². The van der Waals surface area contributed by atoms with E-state index in [0.717, 1.165) is 26.7 Å². The maximum absolute atomic E-state index is 12.3. The maximum Gasteiger partial charge on any atom is 0.240 e. The van der Waals surface area contributed by atoms with Gasteiger partial charge in [-0.3, -0.25) is 9.59 Å². The van der Waals surface area contributed by atoms with Gasteiger partial charge in [0.25, 0.3) is 0 Å². The highest BCUT2D eigenvalue weighted by Crippen LogP contribution is 2.41. The van der Waals surface area contributed by atoms with E-state index in [0.29, 0.717) is 5.69 Å². The van der Waals surface area contributed by atoms with Crippen LogP contribution >= 0.6 is 27.7 Å². The minimum Gasteiger partial charge on any atom is -0.325 e. The van der Waals surface area contributed by atoms with E-state index in [1.54, 1.807) is 12.1 Å². The van der Waals surface area contributed by atoms with Crippen molar-refractivity contribution in [1.82, 2.24) is 0 Å². The Morgan fingerprint density at radius 1 is 1.10 bits per heavy atom. The van der Waals surface area contributed by atoms with Gasteiger partial charge in [0.1, 0.15) is 5.92 Å². The van der Waals surface area contributed by atoms with Crippen LogP contribution in [-0.4, -0.2) is 11.0 Å². The molecule has 0 aliphatic carbocycles. The van der Waals surface area contributed by atoms with E-state index in [-0.39, 0.29) is 11.0 Å². The molecule has 0 saturated carbocycles. The number of hydrogen-bond acceptors (Lipinski definition) is 3. The van der Waals surface area contributed by atoms with Crippen molar-refractivity contribution in [3.63, 3.8) is 0 Å². The molecule has 5 heteroatoms. The predicted molar refractivity (Wildman–Crippen MR) is 82.8 cm³/mol. The van der Waals surface area contributed by atoms with Gasteiger partial charge >= 0.3 is 0 Å². The third-order valence-corrected chi connectivity index (χ3v) is 4.61. The monoisotopic (exact) mass is 347 g/mol. The zero-order chi connectivity index (χ0) is 14.1. The van der Waals surface area contributed by atoms with Crippen molar-refractivity contribution in [3.8, 4) is 0 Å². The lowest BCUT2D eigenvalue weighted by Crippen LogP contribution is -2.23. The fourth-order valence-electron chi connectivity index (χ4n) is 2.10. The van der Waals surface area contributed by atoms with Crippen molar-refractivity contribution in [3.05, 3.63) is 58.6 Å². The van der Waals surface area contributed by atoms with Crippen LogP contribution in [-0.2, 0) is 9.59 Å². The van der Waals surface area contributed by atoms with Gasteiger partial charge in [0.15, 0.2) is 0 Å². The van der Waals surface area contributed by atoms with Crippen LogP contribution in [0.3, 0.4) is 0 Å². The van der Waals surface area contributed by atoms with Crippen LogP contribution in [0, 0.1) is 0 Å². The molecule has 20 heavy (non-hydrogen) atoms. The number of amides is 1. The first-order valence-corrected chi connectivity index (χ1v) is 7.63. The molecule has 2 aromatic carbocycles. The Morgan fingerprint density at radius 3 is 2.55 bits per heavy atom. The third kappa shape index (κ3) is 2.51. The molecule has 0 saturated heterocycles. The number of halogens is 1. The Labute approximate surface area is 128 Å². The molecule has 0 fully saturated rings. The summed E-state index contributed by atoms with van der Waals surface area (Å²) in [5.41, 5.74) is 1.47. The van der Waals surface area contributed by atoms with Crippen molar-refractivity contribution in [2.75, 3.05) is 5.32 Å². The van der Waals surface area contributed by atoms with Gasteiger partial charge in [-0.25, -0.2) is 0 Å². The van der Waals surface area contributed by atoms with Crippen molar-refractivity contribution in [2.24, 2.45) is 0 Å². The molecular formula is C15H10BrNO2S. The first-order chi connectivity index (χ1) is 9.65. The van der Waals surface area contributed by atoms with Gasteiger partial charge in [0.05, 0.1) is 0 Å². The van der Waals surface area contributed by atoms with Crippen LogP contribution < -0.4 is 5.32 Å². The number of anilines is 1. The van der Waals surface area contributed by atoms with E-state index in [1.165, 1.54) is 0 Å². The fourth-order valence-corrected chi connectivity index (χ4v) is 3.39. The largest absolute Gasteiger partial charge is 0.325 e. The Morgan fingerprint density at radius 2 is 1.80 bits per heavy atom. The molecule has 1 aliphatic rings. The minimum absolute atomic E-state index is 0.124. The van der Waals surface area contributed by atoms with Gasteiger partial charge in [-0.05, 0) is 35.9 Å². The van der Waals surface area contributed by atoms with E-state index in [4.69, 9.17) is 0 Å². The van der Waals surface area contributed by atoms with Crippen LogP contribution in [0.4, 0.5) is 5.69 Å². The summed E-state index contributed by atoms with van der Waals surface area (Å²) in [7, 11) is 0. The van der Waals surface area contributed by atoms with E-state index < -0.39 is 5.92 Å². The van der Waals surface area contributed by atoms with Gasteiger partial charge in [-0.2, -0.15) is 0 Å². The average Bonchev–Trinajstić information content (AvgIpc) is 2.77. The average molecular weight is 348 g/mol. The van der Waals surface area contributed by atoms with Gasteiger partial charge in [-0.15, -0.1) is 0 Å². The summed E-state index contributed by atoms with van der Waals surface area (Å²) in [5.74, 6) is -1.00. The molecule has 3 nitrogen and oxygen atoms in total. The number of carbonyl (C=O) groups excluding carboxylic acids is 2. The molecule has 0 spiro atoms. The Balaban J connectivity index is 1.84. The molecule has 2 aromatic rings. The Kier molecular flexibility index (Phi) is 3.63. The number of fused-ring (bicyclic) bond motifs is 1. The summed E-state index contributed by atoms with van der Waals surface area (Å²) in [6, 6.07) is 14.7. The Hall–Kier alpha value is -1.59. The van der Waals surface area contributed by atoms with Crippen LogP contribution in [0.1, 0.15) is 11.5 Å². The lowest BCUT2D eigenvalue weighted by Gasteiger charge is -2.10. The number of benzene rings is 2. The van der Waals surface area contributed by atoms with E-state index in [2.05, 4.69) is 21.2 Å². The second-order valence-electron chi connectivity index (χ2n) is 4.39. The highest BCUT2D eigenvalue weighted by Gasteiger charge is 2.36. The molecule has 1 amide bonds. The van der Waals surface area contributed by atoms with Crippen molar-refractivity contribution < 1.29 is 9.59 Å². The number of rotatable bonds is 2. The van der Waals surface area contributed by atoms with Crippen LogP contribution in [0.15, 0.2) is 57.9 Å². The number of nitrogens with one attached hydrogen (secondary N) is 1. The van der Waals surface area contributed by atoms with Crippen LogP contribution in [0.25, 0.3) is 0 Å². The molecule has 0 aromatic heterocycles. The predicted octanol–water partition coefficient (Wildman–Crippen LogP) is 3.80. The molecule has 1 N–H and O–H groups in total. The quantitative estimate of drug-likeness (QED) is 0.840. The van der Waals surface area contributed by atoms with E-state index in [9.17, 15) is 9.59 Å². The highest BCUT2D eigenvalue weighted by atomic mass is 79.9. The molecular weight excluding hydrogens is 338 g/mol. The van der Waals surface area contributed by atoms with Crippen molar-refractivity contribution in [2.45, 2.75) is 10.8 Å². The van der Waals surface area contributed by atoms with Gasteiger partial charge in [-0.1, -0.05) is 45.9 Å². The summed E-state index contributed by atoms with van der Waals surface area (Å²) in [5, 5.41) is 2.66. The number of carbonyl (C=O) groups is 2. The SMILES string of the molecule is O=C(Nc1ccc(Br)cc1)C1C(=O)Sc2ccccc21. The minimum atomic E-state index is -0.722. The molecule has 1 aliphatic heterocycles. The molecule has 0 radical (unpaired) electrons. The highest BCUT2D eigenvalue weighted by molar-refractivity contribution is 9.10. The third-order valence-electron chi connectivity index (χ3n) is 3.05. The maximum atomic E-state index is 12.3. The number of hydrogen-bond donors (Lipinski definition) is 1. The zero-order valence-corrected chi connectivity index (χ0v) is 12.7. The molecule has 1 unspecified atom stereocenters. The van der Waals surface area contributed by atoms with Gasteiger partial charge in [0.2, 0.25) is 11.0 Å².